The minimum atomic E-state index is -4.47. The van der Waals surface area contributed by atoms with Crippen LogP contribution in [0.5, 0.6) is 0 Å². The summed E-state index contributed by atoms with van der Waals surface area (Å²) in [4.78, 5) is 19.4. The van der Waals surface area contributed by atoms with Gasteiger partial charge in [0.1, 0.15) is 11.5 Å². The first-order valence-corrected chi connectivity index (χ1v) is 8.56. The van der Waals surface area contributed by atoms with Gasteiger partial charge in [-0.15, -0.1) is 0 Å². The lowest BCUT2D eigenvalue weighted by Crippen LogP contribution is -2.10. The van der Waals surface area contributed by atoms with Crippen LogP contribution in [0, 0.1) is 6.42 Å². The van der Waals surface area contributed by atoms with Crippen molar-refractivity contribution in [2.45, 2.75) is 12.6 Å². The molecular weight excluding hydrogens is 391 g/mol. The summed E-state index contributed by atoms with van der Waals surface area (Å²) in [7, 11) is 0. The van der Waals surface area contributed by atoms with E-state index in [2.05, 4.69) is 24.9 Å². The first-order valence-electron chi connectivity index (χ1n) is 8.18. The smallest absolute Gasteiger partial charge is 0.346 e. The number of rotatable bonds is 4. The molecule has 0 aliphatic rings. The third kappa shape index (κ3) is 3.82. The summed E-state index contributed by atoms with van der Waals surface area (Å²) in [5, 5.41) is 1.43. The molecule has 0 fully saturated rings. The molecule has 28 heavy (non-hydrogen) atoms. The number of aromatic amines is 1. The van der Waals surface area contributed by atoms with Gasteiger partial charge in [0.15, 0.2) is 0 Å². The molecule has 0 atom stereocenters. The van der Waals surface area contributed by atoms with E-state index in [-0.39, 0.29) is 11.4 Å². The van der Waals surface area contributed by atoms with Crippen molar-refractivity contribution in [2.75, 3.05) is 0 Å². The standard InChI is InChI=1S/C19H12ClF3N5/c20-14-5-15-12(9-27-18(15)28-10-14)3-11-6-25-17(26-7-11)4-13-8-24-2-1-16(13)19(21,22)23/h1-2,4-10H,3H2,(H,27,28). The maximum atomic E-state index is 13.1. The normalized spacial score (nSPS) is 11.9. The van der Waals surface area contributed by atoms with Crippen LogP contribution in [0.3, 0.4) is 0 Å². The molecule has 0 aromatic carbocycles. The van der Waals surface area contributed by atoms with Gasteiger partial charge < -0.3 is 4.98 Å². The Kier molecular flexibility index (Phi) is 4.72. The van der Waals surface area contributed by atoms with E-state index in [9.17, 15) is 13.2 Å². The monoisotopic (exact) mass is 402 g/mol. The van der Waals surface area contributed by atoms with E-state index in [1.165, 1.54) is 6.42 Å². The van der Waals surface area contributed by atoms with Gasteiger partial charge >= 0.3 is 6.18 Å². The number of pyridine rings is 2. The van der Waals surface area contributed by atoms with Gasteiger partial charge in [0, 0.05) is 49.0 Å². The van der Waals surface area contributed by atoms with E-state index in [1.807, 2.05) is 12.3 Å². The first-order chi connectivity index (χ1) is 13.4. The Morgan fingerprint density at radius 2 is 1.86 bits per heavy atom. The number of hydrogen-bond acceptors (Lipinski definition) is 4. The Balaban J connectivity index is 1.54. The average Bonchev–Trinajstić information content (AvgIpc) is 3.05. The molecule has 0 unspecified atom stereocenters. The molecule has 9 heteroatoms. The van der Waals surface area contributed by atoms with Crippen LogP contribution in [0.15, 0.2) is 49.3 Å². The van der Waals surface area contributed by atoms with Crippen LogP contribution in [0.4, 0.5) is 13.2 Å². The Morgan fingerprint density at radius 3 is 2.61 bits per heavy atom. The molecule has 0 amide bonds. The third-order valence-corrected chi connectivity index (χ3v) is 4.35. The average molecular weight is 403 g/mol. The summed E-state index contributed by atoms with van der Waals surface area (Å²) in [5.41, 5.74) is 1.64. The Bertz CT molecular complexity index is 1120. The quantitative estimate of drug-likeness (QED) is 0.541. The summed E-state index contributed by atoms with van der Waals surface area (Å²) in [5.74, 6) is 0.172. The molecule has 0 aliphatic heterocycles. The van der Waals surface area contributed by atoms with Crippen LogP contribution in [-0.2, 0) is 12.6 Å². The van der Waals surface area contributed by atoms with Crippen molar-refractivity contribution in [3.8, 4) is 0 Å². The number of H-pyrrole nitrogens is 1. The second kappa shape index (κ2) is 7.20. The van der Waals surface area contributed by atoms with Crippen molar-refractivity contribution >= 4 is 22.6 Å². The highest BCUT2D eigenvalue weighted by Gasteiger charge is 2.33. The third-order valence-electron chi connectivity index (χ3n) is 4.15. The molecule has 4 aromatic heterocycles. The van der Waals surface area contributed by atoms with Crippen molar-refractivity contribution < 1.29 is 13.2 Å². The van der Waals surface area contributed by atoms with Gasteiger partial charge in [-0.2, -0.15) is 13.2 Å². The molecule has 5 nitrogen and oxygen atoms in total. The Hall–Kier alpha value is -3.00. The van der Waals surface area contributed by atoms with Gasteiger partial charge in [-0.05, 0) is 28.8 Å². The molecule has 1 radical (unpaired) electrons. The summed E-state index contributed by atoms with van der Waals surface area (Å²) < 4.78 is 39.2. The summed E-state index contributed by atoms with van der Waals surface area (Å²) in [6, 6.07) is 2.75. The molecule has 4 heterocycles. The lowest BCUT2D eigenvalue weighted by Gasteiger charge is -2.11. The molecule has 1 N–H and O–H groups in total. The second-order valence-corrected chi connectivity index (χ2v) is 6.53. The topological polar surface area (TPSA) is 67.3 Å². The first kappa shape index (κ1) is 18.4. The number of halogens is 4. The molecule has 0 aliphatic carbocycles. The molecule has 0 bridgehead atoms. The van der Waals surface area contributed by atoms with Crippen LogP contribution in [0.2, 0.25) is 5.02 Å². The van der Waals surface area contributed by atoms with Crippen molar-refractivity contribution in [1.82, 2.24) is 24.9 Å². The molecule has 4 aromatic rings. The van der Waals surface area contributed by atoms with Crippen molar-refractivity contribution in [2.24, 2.45) is 0 Å². The minimum Gasteiger partial charge on any atom is -0.346 e. The minimum absolute atomic E-state index is 0.0832. The molecule has 0 saturated heterocycles. The number of fused-ring (bicyclic) bond motifs is 1. The van der Waals surface area contributed by atoms with Crippen LogP contribution in [0.1, 0.15) is 28.1 Å². The van der Waals surface area contributed by atoms with Crippen molar-refractivity contribution in [1.29, 1.82) is 0 Å². The van der Waals surface area contributed by atoms with Gasteiger partial charge in [0.2, 0.25) is 0 Å². The van der Waals surface area contributed by atoms with Crippen LogP contribution < -0.4 is 0 Å². The van der Waals surface area contributed by atoms with Crippen LogP contribution in [0.25, 0.3) is 11.0 Å². The zero-order valence-corrected chi connectivity index (χ0v) is 15.0. The number of nitrogens with zero attached hydrogens (tertiary/aromatic N) is 4. The summed E-state index contributed by atoms with van der Waals surface area (Å²) in [6.07, 6.45) is 6.12. The highest BCUT2D eigenvalue weighted by Crippen LogP contribution is 2.32. The number of nitrogens with one attached hydrogen (secondary N) is 1. The SMILES string of the molecule is FC(F)(F)c1ccncc1[CH]c1ncc(Cc2c[nH]c3ncc(Cl)cc23)cn1. The van der Waals surface area contributed by atoms with E-state index in [0.717, 1.165) is 40.6 Å². The molecule has 0 spiro atoms. The maximum Gasteiger partial charge on any atom is 0.416 e. The van der Waals surface area contributed by atoms with Crippen LogP contribution in [-0.4, -0.2) is 24.9 Å². The highest BCUT2D eigenvalue weighted by atomic mass is 35.5. The number of aromatic nitrogens is 5. The largest absolute Gasteiger partial charge is 0.416 e. The van der Waals surface area contributed by atoms with Gasteiger partial charge in [-0.3, -0.25) is 4.98 Å². The van der Waals surface area contributed by atoms with Crippen molar-refractivity contribution in [3.05, 3.63) is 88.8 Å². The molecule has 4 rings (SSSR count). The van der Waals surface area contributed by atoms with Crippen molar-refractivity contribution in [3.63, 3.8) is 0 Å². The summed E-state index contributed by atoms with van der Waals surface area (Å²) >= 11 is 6.00. The fraction of sp³-hybridized carbons (Fsp3) is 0.105. The molecular formula is C19H12ClF3N5. The second-order valence-electron chi connectivity index (χ2n) is 6.09. The highest BCUT2D eigenvalue weighted by molar-refractivity contribution is 6.31. The van der Waals surface area contributed by atoms with Gasteiger partial charge in [-0.1, -0.05) is 11.6 Å². The Labute approximate surface area is 162 Å². The fourth-order valence-electron chi connectivity index (χ4n) is 2.85. The van der Waals surface area contributed by atoms with Crippen LogP contribution >= 0.6 is 11.6 Å². The zero-order valence-electron chi connectivity index (χ0n) is 14.2. The fourth-order valence-corrected chi connectivity index (χ4v) is 3.01. The van der Waals surface area contributed by atoms with E-state index in [1.54, 1.807) is 18.6 Å². The Morgan fingerprint density at radius 1 is 1.07 bits per heavy atom. The summed E-state index contributed by atoms with van der Waals surface area (Å²) in [6.45, 7) is 0. The number of alkyl halides is 3. The predicted octanol–water partition coefficient (Wildman–Crippen LogP) is 4.61. The van der Waals surface area contributed by atoms with E-state index in [0.29, 0.717) is 11.4 Å². The zero-order chi connectivity index (χ0) is 19.7. The lowest BCUT2D eigenvalue weighted by molar-refractivity contribution is -0.138. The van der Waals surface area contributed by atoms with E-state index in [4.69, 9.17) is 11.6 Å². The molecule has 141 valence electrons. The van der Waals surface area contributed by atoms with Gasteiger partial charge in [0.05, 0.1) is 17.0 Å². The maximum absolute atomic E-state index is 13.1. The van der Waals surface area contributed by atoms with Gasteiger partial charge in [-0.25, -0.2) is 15.0 Å². The number of hydrogen-bond donors (Lipinski definition) is 1. The lowest BCUT2D eigenvalue weighted by atomic mass is 10.1. The van der Waals surface area contributed by atoms with E-state index >= 15 is 0 Å². The van der Waals surface area contributed by atoms with E-state index < -0.39 is 11.7 Å². The van der Waals surface area contributed by atoms with Gasteiger partial charge in [0.25, 0.3) is 0 Å². The molecule has 0 saturated carbocycles. The predicted molar refractivity (Wildman–Crippen MR) is 97.7 cm³/mol.